The van der Waals surface area contributed by atoms with Crippen molar-refractivity contribution in [3.05, 3.63) is 98.9 Å². The maximum Gasteiger partial charge on any atom is 2.00 e. The summed E-state index contributed by atoms with van der Waals surface area (Å²) in [4.78, 5) is 4.39. The van der Waals surface area contributed by atoms with Crippen LogP contribution >= 0.6 is 11.6 Å². The van der Waals surface area contributed by atoms with Gasteiger partial charge < -0.3 is 33.7 Å². The Balaban J connectivity index is 0.000000534. The molecule has 0 bridgehead atoms. The van der Waals surface area contributed by atoms with Crippen LogP contribution in [0.2, 0.25) is 5.02 Å². The van der Waals surface area contributed by atoms with Gasteiger partial charge in [-0.3, -0.25) is 4.98 Å². The van der Waals surface area contributed by atoms with Crippen molar-refractivity contribution in [1.82, 2.24) is 10.3 Å². The number of aromatic nitrogens is 1. The molecule has 2 aromatic rings. The molecule has 7 rings (SSSR count). The van der Waals surface area contributed by atoms with E-state index in [0.29, 0.717) is 18.1 Å². The Bertz CT molecular complexity index is 1190. The van der Waals surface area contributed by atoms with Gasteiger partial charge in [0.05, 0.1) is 5.52 Å². The zero-order chi connectivity index (χ0) is 28.6. The molecule has 0 unspecified atom stereocenters. The van der Waals surface area contributed by atoms with Crippen LogP contribution in [-0.2, 0) is 40.8 Å². The first-order valence-corrected chi connectivity index (χ1v) is 14.3. The molecule has 1 aromatic carbocycles. The number of hydrogen-bond acceptors (Lipinski definition) is 8. The second-order valence-electron chi connectivity index (χ2n) is 11.3. The molecule has 10 radical (unpaired) electrons. The predicted molar refractivity (Wildman–Crippen MR) is 154 cm³/mol. The van der Waals surface area contributed by atoms with Gasteiger partial charge in [0.15, 0.2) is 24.0 Å². The number of rotatable bonds is 6. The molecular weight excluding hydrogens is 600 g/mol. The van der Waals surface area contributed by atoms with Gasteiger partial charge in [0.1, 0.15) is 30.2 Å². The third-order valence-corrected chi connectivity index (χ3v) is 7.45. The molecule has 5 atom stereocenters. The minimum Gasteiger partial charge on any atom is -0.481 e. The van der Waals surface area contributed by atoms with Crippen molar-refractivity contribution in [2.45, 2.75) is 70.0 Å². The standard InChI is InChI=1S/C27H30ClN2O6.C5H5.Fe/c1-26(2)33-21(22-23(34-26)24-25(32-22)36-27(3,4)35-24)14-29-13-15-6-5-7-19(15)31-20-10-11-30-18-12-16(28)8-9-17(18)20;1-2-4-5-3-1;/h5-12,21-25,29H,13-14H2,1-4H3;1-5H;/q;;+2/t21-,22+,23-,24+,25+;;/m0../s1. The van der Waals surface area contributed by atoms with Gasteiger partial charge in [-0.1, -0.05) is 11.6 Å². The SMILES string of the molecule is CC1(C)O[C@H]2O[C@H]3[C@H](OC(C)(C)O[C@H]3CNC[C]3[CH][CH][CH][C]3Oc3ccnc4cc(Cl)ccc34)[C@H]2O1.[CH]1[CH][CH][CH][CH]1.[Fe+2]. The number of nitrogens with one attached hydrogen (secondary N) is 1. The van der Waals surface area contributed by atoms with Crippen LogP contribution in [0.15, 0.2) is 30.5 Å². The Morgan fingerprint density at radius 3 is 2.33 bits per heavy atom. The minimum absolute atomic E-state index is 0. The van der Waals surface area contributed by atoms with Crippen molar-refractivity contribution in [3.8, 4) is 5.75 Å². The maximum absolute atomic E-state index is 6.29. The molecule has 3 saturated heterocycles. The molecule has 10 heteroatoms. The van der Waals surface area contributed by atoms with Gasteiger partial charge in [-0.2, -0.15) is 0 Å². The molecule has 1 aromatic heterocycles. The molecule has 5 fully saturated rings. The summed E-state index contributed by atoms with van der Waals surface area (Å²) in [7, 11) is 0. The van der Waals surface area contributed by atoms with E-state index in [2.05, 4.69) is 10.3 Å². The quantitative estimate of drug-likeness (QED) is 0.445. The van der Waals surface area contributed by atoms with Gasteiger partial charge in [-0.25, -0.2) is 0 Å². The van der Waals surface area contributed by atoms with Gasteiger partial charge in [0.2, 0.25) is 0 Å². The molecule has 1 N–H and O–H groups in total. The average Bonchev–Trinajstić information content (AvgIpc) is 3.71. The van der Waals surface area contributed by atoms with E-state index in [9.17, 15) is 0 Å². The van der Waals surface area contributed by atoms with Crippen molar-refractivity contribution in [3.63, 3.8) is 0 Å². The summed E-state index contributed by atoms with van der Waals surface area (Å²) in [6.07, 6.45) is 17.0. The van der Waals surface area contributed by atoms with Crippen molar-refractivity contribution in [2.24, 2.45) is 0 Å². The van der Waals surface area contributed by atoms with Crippen molar-refractivity contribution < 1.29 is 45.5 Å². The van der Waals surface area contributed by atoms with Crippen LogP contribution in [0.4, 0.5) is 0 Å². The van der Waals surface area contributed by atoms with Gasteiger partial charge in [-0.15, -0.1) is 0 Å². The Kier molecular flexibility index (Phi) is 10.5. The molecular formula is C32H35ClFeN2O6+2. The number of nitrogens with zero attached hydrogens (tertiary/aromatic N) is 1. The molecule has 0 amide bonds. The summed E-state index contributed by atoms with van der Waals surface area (Å²) in [5.41, 5.74) is 0.790. The fraction of sp³-hybridized carbons (Fsp3) is 0.406. The Morgan fingerprint density at radius 2 is 1.57 bits per heavy atom. The van der Waals surface area contributed by atoms with Crippen LogP contribution in [0.1, 0.15) is 27.7 Å². The van der Waals surface area contributed by atoms with E-state index < -0.39 is 17.9 Å². The van der Waals surface area contributed by atoms with Crippen LogP contribution in [0.5, 0.6) is 5.75 Å². The van der Waals surface area contributed by atoms with E-state index in [4.69, 9.17) is 40.0 Å². The van der Waals surface area contributed by atoms with E-state index >= 15 is 0 Å². The molecule has 4 heterocycles. The summed E-state index contributed by atoms with van der Waals surface area (Å²) in [5.74, 6) is 0.312. The normalized spacial score (nSPS) is 31.7. The predicted octanol–water partition coefficient (Wildman–Crippen LogP) is 5.01. The molecule has 2 saturated carbocycles. The first-order valence-electron chi connectivity index (χ1n) is 13.9. The molecule has 42 heavy (non-hydrogen) atoms. The molecule has 3 aliphatic heterocycles. The zero-order valence-corrected chi connectivity index (χ0v) is 25.8. The summed E-state index contributed by atoms with van der Waals surface area (Å²) < 4.78 is 36.9. The third-order valence-electron chi connectivity index (χ3n) is 7.21. The number of halogens is 1. The van der Waals surface area contributed by atoms with Gasteiger partial charge in [0, 0.05) is 42.0 Å². The Morgan fingerprint density at radius 1 is 0.857 bits per heavy atom. The second-order valence-corrected chi connectivity index (χ2v) is 11.7. The number of benzene rings is 1. The first kappa shape index (κ1) is 32.4. The van der Waals surface area contributed by atoms with Crippen LogP contribution in [0.25, 0.3) is 10.9 Å². The van der Waals surface area contributed by atoms with Crippen molar-refractivity contribution in [2.75, 3.05) is 13.1 Å². The molecule has 222 valence electrons. The Hall–Kier alpha value is -1.00. The molecule has 0 spiro atoms. The van der Waals surface area contributed by atoms with Gasteiger partial charge in [-0.05, 0) is 96.9 Å². The molecule has 2 aliphatic carbocycles. The van der Waals surface area contributed by atoms with E-state index in [0.717, 1.165) is 28.7 Å². The van der Waals surface area contributed by atoms with E-state index in [1.807, 2.05) is 103 Å². The largest absolute Gasteiger partial charge is 2.00 e. The summed E-state index contributed by atoms with van der Waals surface area (Å²) in [5, 5.41) is 5.06. The van der Waals surface area contributed by atoms with E-state index in [-0.39, 0.29) is 41.5 Å². The maximum atomic E-state index is 6.29. The summed E-state index contributed by atoms with van der Waals surface area (Å²) >= 11 is 6.12. The van der Waals surface area contributed by atoms with Crippen LogP contribution in [0, 0.1) is 63.4 Å². The van der Waals surface area contributed by atoms with E-state index in [1.54, 1.807) is 6.20 Å². The molecule has 8 nitrogen and oxygen atoms in total. The van der Waals surface area contributed by atoms with Crippen molar-refractivity contribution >= 4 is 22.5 Å². The fourth-order valence-corrected chi connectivity index (χ4v) is 5.71. The first-order chi connectivity index (χ1) is 19.7. The zero-order valence-electron chi connectivity index (χ0n) is 23.9. The second kappa shape index (κ2) is 13.6. The van der Waals surface area contributed by atoms with E-state index in [1.165, 1.54) is 0 Å². The molecule has 5 aliphatic rings. The summed E-state index contributed by atoms with van der Waals surface area (Å²) in [6, 6.07) is 7.45. The number of pyridine rings is 1. The smallest absolute Gasteiger partial charge is 0.481 e. The van der Waals surface area contributed by atoms with Crippen LogP contribution in [0.3, 0.4) is 0 Å². The number of ether oxygens (including phenoxy) is 6. The summed E-state index contributed by atoms with van der Waals surface area (Å²) in [6.45, 7) is 8.77. The Labute approximate surface area is 265 Å². The topological polar surface area (TPSA) is 80.3 Å². The number of hydrogen-bond donors (Lipinski definition) is 1. The van der Waals surface area contributed by atoms with Gasteiger partial charge in [0.25, 0.3) is 0 Å². The van der Waals surface area contributed by atoms with Crippen LogP contribution < -0.4 is 10.1 Å². The third kappa shape index (κ3) is 7.44. The van der Waals surface area contributed by atoms with Gasteiger partial charge >= 0.3 is 17.1 Å². The fourth-order valence-electron chi connectivity index (χ4n) is 5.54. The number of fused-ring (bicyclic) bond motifs is 4. The monoisotopic (exact) mass is 634 g/mol. The van der Waals surface area contributed by atoms with Crippen LogP contribution in [-0.4, -0.2) is 60.4 Å². The average molecular weight is 635 g/mol. The van der Waals surface area contributed by atoms with Crippen molar-refractivity contribution in [1.29, 1.82) is 0 Å². The minimum atomic E-state index is -0.762.